The zero-order chi connectivity index (χ0) is 38.1. The Labute approximate surface area is 312 Å². The summed E-state index contributed by atoms with van der Waals surface area (Å²) in [5.74, 6) is -0.989. The number of aromatic carboxylic acids is 2. The van der Waals surface area contributed by atoms with Crippen LogP contribution in [0, 0.1) is 5.82 Å². The Morgan fingerprint density at radius 1 is 0.698 bits per heavy atom. The van der Waals surface area contributed by atoms with Crippen molar-refractivity contribution in [3.63, 3.8) is 0 Å². The lowest BCUT2D eigenvalue weighted by molar-refractivity contribution is 0.0686. The predicted octanol–water partition coefficient (Wildman–Crippen LogP) is 8.46. The number of halogens is 2. The van der Waals surface area contributed by atoms with E-state index in [2.05, 4.69) is 39.7 Å². The highest BCUT2D eigenvalue weighted by atomic mass is 79.9. The van der Waals surface area contributed by atoms with Gasteiger partial charge in [0, 0.05) is 59.5 Å². The standard InChI is InChI=1S/C21H19FN4O2.C18H17BrN4O2/c1-11(2)26(3)20-19(18-10-13-8-14(22)5-7-15(13)23-18)24-16-6-4-12(21(27)28)9-17(16)25-20;1-10(2)23(3)17-16(12-6-13(19)9-20-8-12)21-14-5-4-11(18(24)25)7-15(14)22-17/h4-11,23H,1-3H3,(H,27,28);4-10H,1-3H3,(H,24,25). The first-order valence-electron chi connectivity index (χ1n) is 16.7. The van der Waals surface area contributed by atoms with E-state index in [1.165, 1.54) is 30.3 Å². The second kappa shape index (κ2) is 14.9. The summed E-state index contributed by atoms with van der Waals surface area (Å²) in [6.45, 7) is 8.18. The first kappa shape index (κ1) is 36.8. The molecule has 0 aliphatic rings. The third kappa shape index (κ3) is 7.77. The van der Waals surface area contributed by atoms with Crippen LogP contribution in [0.2, 0.25) is 0 Å². The molecule has 53 heavy (non-hydrogen) atoms. The third-order valence-electron chi connectivity index (χ3n) is 8.82. The highest BCUT2D eigenvalue weighted by Crippen LogP contribution is 2.33. The number of aromatic nitrogens is 6. The largest absolute Gasteiger partial charge is 0.478 e. The van der Waals surface area contributed by atoms with Gasteiger partial charge in [-0.3, -0.25) is 4.98 Å². The molecule has 0 fully saturated rings. The predicted molar refractivity (Wildman–Crippen MR) is 208 cm³/mol. The van der Waals surface area contributed by atoms with E-state index in [1.54, 1.807) is 36.7 Å². The van der Waals surface area contributed by atoms with Crippen LogP contribution in [0.5, 0.6) is 0 Å². The van der Waals surface area contributed by atoms with Crippen molar-refractivity contribution in [2.75, 3.05) is 23.9 Å². The number of H-pyrrole nitrogens is 1. The molecule has 0 aliphatic heterocycles. The minimum Gasteiger partial charge on any atom is -0.478 e. The summed E-state index contributed by atoms with van der Waals surface area (Å²) in [4.78, 5) is 52.9. The number of carboxylic acid groups (broad SMARTS) is 2. The number of hydrogen-bond acceptors (Lipinski definition) is 9. The Morgan fingerprint density at radius 3 is 1.77 bits per heavy atom. The number of nitrogens with zero attached hydrogens (tertiary/aromatic N) is 7. The van der Waals surface area contributed by atoms with Gasteiger partial charge in [0.2, 0.25) is 0 Å². The fourth-order valence-electron chi connectivity index (χ4n) is 5.48. The number of anilines is 2. The number of fused-ring (bicyclic) bond motifs is 3. The second-order valence-electron chi connectivity index (χ2n) is 13.0. The Morgan fingerprint density at radius 2 is 1.25 bits per heavy atom. The van der Waals surface area contributed by atoms with Crippen molar-refractivity contribution in [2.45, 2.75) is 39.8 Å². The molecule has 4 heterocycles. The Hall–Kier alpha value is -6.02. The molecule has 7 aromatic rings. The van der Waals surface area contributed by atoms with E-state index < -0.39 is 11.9 Å². The number of aromatic amines is 1. The summed E-state index contributed by atoms with van der Waals surface area (Å²) in [6.07, 6.45) is 3.45. The molecule has 3 aromatic carbocycles. The molecule has 270 valence electrons. The van der Waals surface area contributed by atoms with Gasteiger partial charge in [-0.15, -0.1) is 0 Å². The van der Waals surface area contributed by atoms with E-state index in [-0.39, 0.29) is 29.0 Å². The third-order valence-corrected chi connectivity index (χ3v) is 9.25. The van der Waals surface area contributed by atoms with Crippen molar-refractivity contribution in [3.8, 4) is 22.6 Å². The zero-order valence-corrected chi connectivity index (χ0v) is 31.3. The molecule has 0 unspecified atom stereocenters. The van der Waals surface area contributed by atoms with Crippen LogP contribution in [-0.2, 0) is 0 Å². The van der Waals surface area contributed by atoms with Gasteiger partial charge in [-0.1, -0.05) is 0 Å². The average molecular weight is 780 g/mol. The number of carbonyl (C=O) groups is 2. The SMILES string of the molecule is CC(C)N(C)c1nc2cc(C(=O)O)ccc2nc1-c1cc2cc(F)ccc2[nH]1.CC(C)N(C)c1nc2cc(C(=O)O)ccc2nc1-c1cncc(Br)c1. The van der Waals surface area contributed by atoms with Gasteiger partial charge < -0.3 is 25.0 Å². The molecule has 0 aliphatic carbocycles. The van der Waals surface area contributed by atoms with Crippen molar-refractivity contribution < 1.29 is 24.2 Å². The summed E-state index contributed by atoms with van der Waals surface area (Å²) < 4.78 is 14.4. The van der Waals surface area contributed by atoms with Crippen LogP contribution < -0.4 is 9.80 Å². The molecular formula is C39H36BrFN8O4. The van der Waals surface area contributed by atoms with Crippen LogP contribution >= 0.6 is 15.9 Å². The Balaban J connectivity index is 0.000000183. The van der Waals surface area contributed by atoms with Gasteiger partial charge in [0.05, 0.1) is 38.9 Å². The highest BCUT2D eigenvalue weighted by Gasteiger charge is 2.20. The molecule has 7 rings (SSSR count). The van der Waals surface area contributed by atoms with Crippen LogP contribution in [0.4, 0.5) is 16.0 Å². The molecular weight excluding hydrogens is 743 g/mol. The van der Waals surface area contributed by atoms with Gasteiger partial charge in [-0.25, -0.2) is 33.9 Å². The summed E-state index contributed by atoms with van der Waals surface area (Å²) in [5, 5.41) is 19.2. The number of carboxylic acids is 2. The van der Waals surface area contributed by atoms with Crippen LogP contribution in [0.3, 0.4) is 0 Å². The molecule has 0 saturated heterocycles. The maximum absolute atomic E-state index is 13.6. The summed E-state index contributed by atoms with van der Waals surface area (Å²) in [7, 11) is 3.85. The van der Waals surface area contributed by atoms with Gasteiger partial charge in [-0.05, 0) is 110 Å². The van der Waals surface area contributed by atoms with Crippen molar-refractivity contribution in [2.24, 2.45) is 0 Å². The Kier molecular flexibility index (Phi) is 10.3. The van der Waals surface area contributed by atoms with Crippen LogP contribution in [0.1, 0.15) is 48.4 Å². The number of pyridine rings is 1. The number of nitrogens with one attached hydrogen (secondary N) is 1. The fourth-order valence-corrected chi connectivity index (χ4v) is 5.85. The van der Waals surface area contributed by atoms with Crippen LogP contribution in [0.15, 0.2) is 83.6 Å². The lowest BCUT2D eigenvalue weighted by Crippen LogP contribution is -2.27. The van der Waals surface area contributed by atoms with E-state index >= 15 is 0 Å². The van der Waals surface area contributed by atoms with Gasteiger partial charge in [-0.2, -0.15) is 0 Å². The van der Waals surface area contributed by atoms with Crippen molar-refractivity contribution in [1.29, 1.82) is 0 Å². The van der Waals surface area contributed by atoms with E-state index in [9.17, 15) is 24.2 Å². The monoisotopic (exact) mass is 778 g/mol. The molecule has 0 spiro atoms. The second-order valence-corrected chi connectivity index (χ2v) is 13.9. The fraction of sp³-hybridized carbons (Fsp3) is 0.205. The molecule has 3 N–H and O–H groups in total. The van der Waals surface area contributed by atoms with Crippen molar-refractivity contribution in [1.82, 2.24) is 29.9 Å². The maximum atomic E-state index is 13.6. The maximum Gasteiger partial charge on any atom is 0.335 e. The highest BCUT2D eigenvalue weighted by molar-refractivity contribution is 9.10. The van der Waals surface area contributed by atoms with Crippen molar-refractivity contribution in [3.05, 3.63) is 101 Å². The molecule has 0 bridgehead atoms. The molecule has 4 aromatic heterocycles. The van der Waals surface area contributed by atoms with Crippen molar-refractivity contribution >= 4 is 72.5 Å². The molecule has 0 radical (unpaired) electrons. The van der Waals surface area contributed by atoms with E-state index in [1.807, 2.05) is 49.9 Å². The van der Waals surface area contributed by atoms with Gasteiger partial charge >= 0.3 is 11.9 Å². The van der Waals surface area contributed by atoms with Gasteiger partial charge in [0.25, 0.3) is 0 Å². The van der Waals surface area contributed by atoms with Gasteiger partial charge in [0.1, 0.15) is 17.2 Å². The van der Waals surface area contributed by atoms with Crippen LogP contribution in [-0.4, -0.2) is 78.2 Å². The average Bonchev–Trinajstić information content (AvgIpc) is 3.55. The minimum atomic E-state index is -1.01. The van der Waals surface area contributed by atoms with E-state index in [0.29, 0.717) is 45.1 Å². The molecule has 0 saturated carbocycles. The lowest BCUT2D eigenvalue weighted by atomic mass is 10.1. The molecule has 0 amide bonds. The quantitative estimate of drug-likeness (QED) is 0.136. The number of hydrogen-bond donors (Lipinski definition) is 3. The first-order valence-corrected chi connectivity index (χ1v) is 17.4. The molecule has 14 heteroatoms. The zero-order valence-electron chi connectivity index (χ0n) is 29.8. The van der Waals surface area contributed by atoms with E-state index in [4.69, 9.17) is 19.9 Å². The van der Waals surface area contributed by atoms with Gasteiger partial charge in [0.15, 0.2) is 11.6 Å². The summed E-state index contributed by atoms with van der Waals surface area (Å²) >= 11 is 3.44. The smallest absolute Gasteiger partial charge is 0.335 e. The normalized spacial score (nSPS) is 11.3. The molecule has 0 atom stereocenters. The minimum absolute atomic E-state index is 0.148. The summed E-state index contributed by atoms with van der Waals surface area (Å²) in [5.41, 5.74) is 6.34. The first-order chi connectivity index (χ1) is 25.2. The van der Waals surface area contributed by atoms with E-state index in [0.717, 1.165) is 26.6 Å². The molecule has 12 nitrogen and oxygen atoms in total. The number of rotatable bonds is 8. The number of benzene rings is 3. The van der Waals surface area contributed by atoms with Crippen LogP contribution in [0.25, 0.3) is 55.6 Å². The topological polar surface area (TPSA) is 161 Å². The lowest BCUT2D eigenvalue weighted by Gasteiger charge is -2.25. The summed E-state index contributed by atoms with van der Waals surface area (Å²) in [6, 6.07) is 18.1. The Bertz CT molecular complexity index is 2520.